The van der Waals surface area contributed by atoms with Gasteiger partial charge in [0.25, 0.3) is 0 Å². The predicted octanol–water partition coefficient (Wildman–Crippen LogP) is 2.54. The third-order valence-corrected chi connectivity index (χ3v) is 2.32. The van der Waals surface area contributed by atoms with E-state index in [-0.39, 0.29) is 0 Å². The van der Waals surface area contributed by atoms with Gasteiger partial charge in [0.2, 0.25) is 0 Å². The second-order valence-electron chi connectivity index (χ2n) is 3.14. The van der Waals surface area contributed by atoms with Crippen molar-refractivity contribution in [1.82, 2.24) is 14.8 Å². The first-order valence-corrected chi connectivity index (χ1v) is 4.70. The maximum Gasteiger partial charge on any atom is 0.153 e. The van der Waals surface area contributed by atoms with Crippen LogP contribution in [-0.4, -0.2) is 14.8 Å². The van der Waals surface area contributed by atoms with Gasteiger partial charge in [-0.15, -0.1) is 0 Å². The topological polar surface area (TPSA) is 30.7 Å². The maximum absolute atomic E-state index is 5.91. The molecular weight excluding hydrogens is 198 g/mol. The molecular formula is C10H10ClN3. The van der Waals surface area contributed by atoms with E-state index in [1.165, 1.54) is 0 Å². The van der Waals surface area contributed by atoms with Crippen LogP contribution < -0.4 is 0 Å². The van der Waals surface area contributed by atoms with Crippen LogP contribution in [0.3, 0.4) is 0 Å². The Hall–Kier alpha value is -1.35. The molecule has 0 radical (unpaired) electrons. The Morgan fingerprint density at radius 3 is 2.64 bits per heavy atom. The molecule has 0 aliphatic heterocycles. The number of nitrogens with zero attached hydrogens (tertiary/aromatic N) is 3. The van der Waals surface area contributed by atoms with E-state index in [1.807, 2.05) is 32.0 Å². The molecule has 0 fully saturated rings. The quantitative estimate of drug-likeness (QED) is 0.720. The molecule has 0 amide bonds. The Balaban J connectivity index is 2.49. The number of hydrogen-bond acceptors (Lipinski definition) is 2. The third-order valence-electron chi connectivity index (χ3n) is 1.95. The lowest BCUT2D eigenvalue weighted by atomic mass is 10.4. The number of pyridine rings is 1. The van der Waals surface area contributed by atoms with Gasteiger partial charge in [-0.1, -0.05) is 17.7 Å². The maximum atomic E-state index is 5.91. The second-order valence-corrected chi connectivity index (χ2v) is 3.55. The highest BCUT2D eigenvalue weighted by atomic mass is 35.5. The highest BCUT2D eigenvalue weighted by Gasteiger charge is 2.04. The van der Waals surface area contributed by atoms with E-state index in [0.29, 0.717) is 5.02 Å². The molecule has 0 aromatic carbocycles. The first kappa shape index (κ1) is 9.21. The summed E-state index contributed by atoms with van der Waals surface area (Å²) in [6.45, 7) is 3.82. The smallest absolute Gasteiger partial charge is 0.153 e. The SMILES string of the molecule is Cc1cccc(-n2cc(Cl)c(C)n2)n1. The molecule has 2 aromatic rings. The number of aryl methyl sites for hydroxylation is 2. The van der Waals surface area contributed by atoms with Crippen LogP contribution in [0.4, 0.5) is 0 Å². The normalized spacial score (nSPS) is 10.5. The zero-order valence-electron chi connectivity index (χ0n) is 8.03. The van der Waals surface area contributed by atoms with Crippen LogP contribution in [0.1, 0.15) is 11.4 Å². The predicted molar refractivity (Wildman–Crippen MR) is 55.8 cm³/mol. The van der Waals surface area contributed by atoms with Crippen LogP contribution >= 0.6 is 11.6 Å². The minimum atomic E-state index is 0.660. The van der Waals surface area contributed by atoms with Crippen molar-refractivity contribution in [2.75, 3.05) is 0 Å². The summed E-state index contributed by atoms with van der Waals surface area (Å²) in [7, 11) is 0. The van der Waals surface area contributed by atoms with Gasteiger partial charge < -0.3 is 0 Å². The Labute approximate surface area is 87.3 Å². The van der Waals surface area contributed by atoms with Gasteiger partial charge in [-0.3, -0.25) is 0 Å². The Morgan fingerprint density at radius 1 is 1.29 bits per heavy atom. The molecule has 2 rings (SSSR count). The highest BCUT2D eigenvalue weighted by Crippen LogP contribution is 2.14. The molecule has 2 aromatic heterocycles. The molecule has 14 heavy (non-hydrogen) atoms. The van der Waals surface area contributed by atoms with Gasteiger partial charge in [0, 0.05) is 5.69 Å². The van der Waals surface area contributed by atoms with E-state index in [2.05, 4.69) is 10.1 Å². The van der Waals surface area contributed by atoms with Gasteiger partial charge in [-0.05, 0) is 26.0 Å². The number of aromatic nitrogens is 3. The zero-order valence-corrected chi connectivity index (χ0v) is 8.78. The van der Waals surface area contributed by atoms with Gasteiger partial charge in [-0.25, -0.2) is 9.67 Å². The number of rotatable bonds is 1. The fourth-order valence-corrected chi connectivity index (χ4v) is 1.34. The van der Waals surface area contributed by atoms with Gasteiger partial charge in [-0.2, -0.15) is 5.10 Å². The van der Waals surface area contributed by atoms with E-state index in [1.54, 1.807) is 10.9 Å². The lowest BCUT2D eigenvalue weighted by molar-refractivity contribution is 0.827. The third kappa shape index (κ3) is 1.63. The molecule has 0 aliphatic rings. The van der Waals surface area contributed by atoms with Crippen LogP contribution in [0.5, 0.6) is 0 Å². The number of halogens is 1. The van der Waals surface area contributed by atoms with Crippen molar-refractivity contribution in [2.24, 2.45) is 0 Å². The van der Waals surface area contributed by atoms with Crippen LogP contribution in [0.15, 0.2) is 24.4 Å². The first-order valence-electron chi connectivity index (χ1n) is 4.32. The summed E-state index contributed by atoms with van der Waals surface area (Å²) in [5.41, 5.74) is 1.78. The molecule has 0 spiro atoms. The van der Waals surface area contributed by atoms with E-state index in [0.717, 1.165) is 17.2 Å². The average molecular weight is 208 g/mol. The van der Waals surface area contributed by atoms with E-state index < -0.39 is 0 Å². The zero-order chi connectivity index (χ0) is 10.1. The van der Waals surface area contributed by atoms with Crippen molar-refractivity contribution in [2.45, 2.75) is 13.8 Å². The van der Waals surface area contributed by atoms with Crippen molar-refractivity contribution >= 4 is 11.6 Å². The molecule has 2 heterocycles. The van der Waals surface area contributed by atoms with Crippen molar-refractivity contribution < 1.29 is 0 Å². The van der Waals surface area contributed by atoms with Gasteiger partial charge in [0.1, 0.15) is 0 Å². The van der Waals surface area contributed by atoms with Crippen LogP contribution in [0.2, 0.25) is 5.02 Å². The molecule has 0 saturated heterocycles. The standard InChI is InChI=1S/C10H10ClN3/c1-7-4-3-5-10(12-7)14-6-9(11)8(2)13-14/h3-6H,1-2H3. The lowest BCUT2D eigenvalue weighted by Crippen LogP contribution is -1.98. The van der Waals surface area contributed by atoms with Gasteiger partial charge >= 0.3 is 0 Å². The largest absolute Gasteiger partial charge is 0.234 e. The minimum Gasteiger partial charge on any atom is -0.234 e. The molecule has 0 atom stereocenters. The molecule has 0 N–H and O–H groups in total. The van der Waals surface area contributed by atoms with Crippen molar-refractivity contribution in [3.8, 4) is 5.82 Å². The molecule has 0 unspecified atom stereocenters. The summed E-state index contributed by atoms with van der Waals surface area (Å²) in [5, 5.41) is 4.90. The summed E-state index contributed by atoms with van der Waals surface area (Å²) in [6, 6.07) is 5.79. The fourth-order valence-electron chi connectivity index (χ4n) is 1.21. The van der Waals surface area contributed by atoms with Gasteiger partial charge in [0.05, 0.1) is 16.9 Å². The van der Waals surface area contributed by atoms with E-state index in [9.17, 15) is 0 Å². The Bertz CT molecular complexity index is 443. The van der Waals surface area contributed by atoms with Crippen LogP contribution in [0, 0.1) is 13.8 Å². The van der Waals surface area contributed by atoms with Gasteiger partial charge in [0.15, 0.2) is 5.82 Å². The van der Waals surface area contributed by atoms with Crippen molar-refractivity contribution in [1.29, 1.82) is 0 Å². The highest BCUT2D eigenvalue weighted by molar-refractivity contribution is 6.31. The summed E-state index contributed by atoms with van der Waals surface area (Å²) in [4.78, 5) is 4.34. The molecule has 3 nitrogen and oxygen atoms in total. The summed E-state index contributed by atoms with van der Waals surface area (Å²) in [6.07, 6.45) is 1.76. The lowest BCUT2D eigenvalue weighted by Gasteiger charge is -1.99. The van der Waals surface area contributed by atoms with Crippen molar-refractivity contribution in [3.05, 3.63) is 40.8 Å². The Kier molecular flexibility index (Phi) is 2.25. The minimum absolute atomic E-state index is 0.660. The molecule has 0 bridgehead atoms. The summed E-state index contributed by atoms with van der Waals surface area (Å²) >= 11 is 5.91. The molecule has 4 heteroatoms. The number of hydrogen-bond donors (Lipinski definition) is 0. The first-order chi connectivity index (χ1) is 6.66. The molecule has 0 saturated carbocycles. The van der Waals surface area contributed by atoms with E-state index in [4.69, 9.17) is 11.6 Å². The van der Waals surface area contributed by atoms with Crippen LogP contribution in [0.25, 0.3) is 5.82 Å². The fraction of sp³-hybridized carbons (Fsp3) is 0.200. The average Bonchev–Trinajstić information content (AvgIpc) is 2.47. The Morgan fingerprint density at radius 2 is 2.07 bits per heavy atom. The second kappa shape index (κ2) is 3.42. The summed E-state index contributed by atoms with van der Waals surface area (Å²) in [5.74, 6) is 0.792. The van der Waals surface area contributed by atoms with Crippen LogP contribution in [-0.2, 0) is 0 Å². The summed E-state index contributed by atoms with van der Waals surface area (Å²) < 4.78 is 1.69. The van der Waals surface area contributed by atoms with Crippen molar-refractivity contribution in [3.63, 3.8) is 0 Å². The monoisotopic (exact) mass is 207 g/mol. The van der Waals surface area contributed by atoms with E-state index >= 15 is 0 Å². The molecule has 72 valence electrons. The molecule has 0 aliphatic carbocycles.